The third kappa shape index (κ3) is 5.57. The van der Waals surface area contributed by atoms with E-state index < -0.39 is 5.91 Å². The molecule has 0 bridgehead atoms. The van der Waals surface area contributed by atoms with Crippen LogP contribution in [-0.4, -0.2) is 60.4 Å². The molecule has 1 aliphatic rings. The van der Waals surface area contributed by atoms with Crippen LogP contribution in [0.5, 0.6) is 0 Å². The van der Waals surface area contributed by atoms with E-state index in [2.05, 4.69) is 5.32 Å². The third-order valence-electron chi connectivity index (χ3n) is 4.04. The summed E-state index contributed by atoms with van der Waals surface area (Å²) in [5.41, 5.74) is 0.874. The van der Waals surface area contributed by atoms with E-state index >= 15 is 0 Å². The van der Waals surface area contributed by atoms with Gasteiger partial charge in [-0.05, 0) is 26.0 Å². The van der Waals surface area contributed by atoms with Crippen molar-refractivity contribution in [2.75, 3.05) is 38.1 Å². The molecule has 1 aromatic rings. The predicted molar refractivity (Wildman–Crippen MR) is 98.9 cm³/mol. The summed E-state index contributed by atoms with van der Waals surface area (Å²) in [4.78, 5) is 38.9. The summed E-state index contributed by atoms with van der Waals surface area (Å²) in [6.45, 7) is 5.42. The Hall–Kier alpha value is -3.34. The number of amides is 2. The molecule has 1 aliphatic heterocycles. The molecule has 0 saturated carbocycles. The van der Waals surface area contributed by atoms with E-state index in [1.165, 1.54) is 13.1 Å². The molecule has 1 aromatic carbocycles. The number of benzene rings is 1. The second kappa shape index (κ2) is 9.38. The number of ketones is 1. The third-order valence-corrected chi connectivity index (χ3v) is 4.04. The normalized spacial score (nSPS) is 14.3. The Morgan fingerprint density at radius 2 is 1.96 bits per heavy atom. The fourth-order valence-electron chi connectivity index (χ4n) is 2.58. The molecule has 1 N–H and O–H groups in total. The molecule has 2 rings (SSSR count). The van der Waals surface area contributed by atoms with Crippen molar-refractivity contribution in [2.24, 2.45) is 0 Å². The van der Waals surface area contributed by atoms with Crippen LogP contribution in [0.2, 0.25) is 0 Å². The number of carbonyl (C=O) groups is 3. The van der Waals surface area contributed by atoms with Crippen LogP contribution in [0.3, 0.4) is 0 Å². The Bertz CT molecular complexity index is 789. The van der Waals surface area contributed by atoms with Crippen LogP contribution in [0.4, 0.5) is 10.5 Å². The number of rotatable bonds is 5. The van der Waals surface area contributed by atoms with Gasteiger partial charge >= 0.3 is 6.09 Å². The van der Waals surface area contributed by atoms with Crippen LogP contribution < -0.4 is 5.32 Å². The van der Waals surface area contributed by atoms with Gasteiger partial charge in [-0.25, -0.2) is 4.79 Å². The Labute approximate surface area is 158 Å². The standard InChI is InChI=1S/C19H22N4O4/c1-3-27-19(26)23-9-7-22(8-10-23)13-16(12-20)18(25)21-17-6-4-5-15(11-17)14(2)24/h4-6,11,13H,3,7-10H2,1-2H3,(H,21,25)/b16-13-. The van der Waals surface area contributed by atoms with Gasteiger partial charge in [-0.3, -0.25) is 9.59 Å². The molecular weight excluding hydrogens is 348 g/mol. The monoisotopic (exact) mass is 370 g/mol. The number of hydrogen-bond donors (Lipinski definition) is 1. The maximum atomic E-state index is 12.4. The van der Waals surface area contributed by atoms with Gasteiger partial charge in [-0.1, -0.05) is 12.1 Å². The van der Waals surface area contributed by atoms with Gasteiger partial charge in [0.25, 0.3) is 5.91 Å². The Morgan fingerprint density at radius 1 is 1.26 bits per heavy atom. The molecular formula is C19H22N4O4. The van der Waals surface area contributed by atoms with Gasteiger partial charge in [0.2, 0.25) is 0 Å². The van der Waals surface area contributed by atoms with Crippen molar-refractivity contribution in [1.82, 2.24) is 9.80 Å². The van der Waals surface area contributed by atoms with E-state index in [0.717, 1.165) is 0 Å². The highest BCUT2D eigenvalue weighted by atomic mass is 16.6. The van der Waals surface area contributed by atoms with E-state index in [9.17, 15) is 19.6 Å². The lowest BCUT2D eigenvalue weighted by molar-refractivity contribution is -0.112. The van der Waals surface area contributed by atoms with E-state index in [0.29, 0.717) is 44.0 Å². The molecule has 0 unspecified atom stereocenters. The average molecular weight is 370 g/mol. The van der Waals surface area contributed by atoms with Gasteiger partial charge in [0.05, 0.1) is 6.61 Å². The minimum atomic E-state index is -0.550. The maximum absolute atomic E-state index is 12.4. The highest BCUT2D eigenvalue weighted by Crippen LogP contribution is 2.13. The van der Waals surface area contributed by atoms with E-state index in [4.69, 9.17) is 4.74 Å². The van der Waals surface area contributed by atoms with E-state index in [-0.39, 0.29) is 17.4 Å². The highest BCUT2D eigenvalue weighted by molar-refractivity contribution is 6.07. The topological polar surface area (TPSA) is 103 Å². The summed E-state index contributed by atoms with van der Waals surface area (Å²) >= 11 is 0. The van der Waals surface area contributed by atoms with Crippen LogP contribution in [-0.2, 0) is 9.53 Å². The van der Waals surface area contributed by atoms with Gasteiger partial charge in [0.15, 0.2) is 5.78 Å². The molecule has 1 heterocycles. The molecule has 0 radical (unpaired) electrons. The molecule has 0 spiro atoms. The van der Waals surface area contributed by atoms with Crippen LogP contribution in [0.1, 0.15) is 24.2 Å². The Balaban J connectivity index is 1.99. The SMILES string of the molecule is CCOC(=O)N1CCN(/C=C(/C#N)C(=O)Nc2cccc(C(C)=O)c2)CC1. The number of anilines is 1. The first-order chi connectivity index (χ1) is 12.9. The van der Waals surface area contributed by atoms with Crippen LogP contribution in [0.25, 0.3) is 0 Å². The first kappa shape index (κ1) is 20.0. The van der Waals surface area contributed by atoms with Crippen molar-refractivity contribution < 1.29 is 19.1 Å². The van der Waals surface area contributed by atoms with Crippen molar-refractivity contribution in [3.05, 3.63) is 41.6 Å². The molecule has 27 heavy (non-hydrogen) atoms. The summed E-state index contributed by atoms with van der Waals surface area (Å²) in [5.74, 6) is -0.660. The van der Waals surface area contributed by atoms with Crippen LogP contribution in [0.15, 0.2) is 36.0 Å². The van der Waals surface area contributed by atoms with E-state index in [1.807, 2.05) is 11.0 Å². The van der Waals surface area contributed by atoms with Crippen molar-refractivity contribution >= 4 is 23.5 Å². The lowest BCUT2D eigenvalue weighted by Gasteiger charge is -2.33. The quantitative estimate of drug-likeness (QED) is 0.483. The summed E-state index contributed by atoms with van der Waals surface area (Å²) in [5, 5.41) is 11.9. The van der Waals surface area contributed by atoms with Crippen LogP contribution in [0, 0.1) is 11.3 Å². The van der Waals surface area contributed by atoms with Gasteiger partial charge in [-0.2, -0.15) is 5.26 Å². The minimum Gasteiger partial charge on any atom is -0.450 e. The number of hydrogen-bond acceptors (Lipinski definition) is 6. The second-order valence-corrected chi connectivity index (χ2v) is 5.97. The second-order valence-electron chi connectivity index (χ2n) is 5.97. The van der Waals surface area contributed by atoms with Gasteiger partial charge < -0.3 is 19.9 Å². The van der Waals surface area contributed by atoms with Gasteiger partial charge in [0, 0.05) is 43.6 Å². The number of nitrogens with one attached hydrogen (secondary N) is 1. The van der Waals surface area contributed by atoms with E-state index in [1.54, 1.807) is 36.1 Å². The van der Waals surface area contributed by atoms with Crippen molar-refractivity contribution in [3.63, 3.8) is 0 Å². The molecule has 2 amide bonds. The zero-order chi connectivity index (χ0) is 19.8. The van der Waals surface area contributed by atoms with Gasteiger partial charge in [-0.15, -0.1) is 0 Å². The van der Waals surface area contributed by atoms with Crippen molar-refractivity contribution in [2.45, 2.75) is 13.8 Å². The molecule has 0 atom stereocenters. The molecule has 1 saturated heterocycles. The van der Waals surface area contributed by atoms with Crippen molar-refractivity contribution in [1.29, 1.82) is 5.26 Å². The number of nitrogens with zero attached hydrogens (tertiary/aromatic N) is 3. The maximum Gasteiger partial charge on any atom is 0.409 e. The Kier molecular flexibility index (Phi) is 6.94. The first-order valence-electron chi connectivity index (χ1n) is 8.64. The van der Waals surface area contributed by atoms with Crippen molar-refractivity contribution in [3.8, 4) is 6.07 Å². The number of piperazine rings is 1. The zero-order valence-electron chi connectivity index (χ0n) is 15.4. The number of carbonyl (C=O) groups excluding carboxylic acids is 3. The summed E-state index contributed by atoms with van der Waals surface area (Å²) in [7, 11) is 0. The summed E-state index contributed by atoms with van der Waals surface area (Å²) < 4.78 is 4.96. The highest BCUT2D eigenvalue weighted by Gasteiger charge is 2.21. The molecule has 8 heteroatoms. The number of Topliss-reactive ketones (excluding diaryl/α,β-unsaturated/α-hetero) is 1. The van der Waals surface area contributed by atoms with Gasteiger partial charge in [0.1, 0.15) is 11.6 Å². The first-order valence-corrected chi connectivity index (χ1v) is 8.64. The fourth-order valence-corrected chi connectivity index (χ4v) is 2.58. The lowest BCUT2D eigenvalue weighted by atomic mass is 10.1. The molecule has 0 aromatic heterocycles. The summed E-state index contributed by atoms with van der Waals surface area (Å²) in [6.07, 6.45) is 1.14. The number of ether oxygens (including phenoxy) is 1. The minimum absolute atomic E-state index is 0.0483. The Morgan fingerprint density at radius 3 is 2.56 bits per heavy atom. The molecule has 1 fully saturated rings. The largest absolute Gasteiger partial charge is 0.450 e. The van der Waals surface area contributed by atoms with Crippen LogP contribution >= 0.6 is 0 Å². The molecule has 0 aliphatic carbocycles. The average Bonchev–Trinajstić information content (AvgIpc) is 2.66. The zero-order valence-corrected chi connectivity index (χ0v) is 15.4. The molecule has 142 valence electrons. The summed E-state index contributed by atoms with van der Waals surface area (Å²) in [6, 6.07) is 8.43. The number of nitriles is 1. The molecule has 8 nitrogen and oxygen atoms in total. The lowest BCUT2D eigenvalue weighted by Crippen LogP contribution is -2.47. The predicted octanol–water partition coefficient (Wildman–Crippen LogP) is 2.01. The smallest absolute Gasteiger partial charge is 0.409 e. The fraction of sp³-hybridized carbons (Fsp3) is 0.368.